The fourth-order valence-electron chi connectivity index (χ4n) is 0.129. The largest absolute Gasteiger partial charge is 0.552 e. The average Bonchev–Trinajstić information content (AvgIpc) is 1.27. The monoisotopic (exact) mass is 98.0 g/mol. The van der Waals surface area contributed by atoms with Crippen LogP contribution in [0, 0.1) is 6.92 Å². The molecule has 0 aromatic heterocycles. The first-order valence-corrected chi connectivity index (χ1v) is 1.56. The minimum Gasteiger partial charge on any atom is -0.552 e. The van der Waals surface area contributed by atoms with Crippen LogP contribution in [0.1, 0.15) is 0 Å². The molecule has 3 nitrogen and oxygen atoms in total. The Morgan fingerprint density at radius 2 is 2.14 bits per heavy atom. The molecular weight excluding hydrogens is 94.0 g/mol. The van der Waals surface area contributed by atoms with Gasteiger partial charge >= 0.3 is 0 Å². The molecule has 0 heterocycles. The van der Waals surface area contributed by atoms with Crippen LogP contribution in [-0.4, -0.2) is 6.09 Å². The summed E-state index contributed by atoms with van der Waals surface area (Å²) in [5, 5.41) is 12.2. The van der Waals surface area contributed by atoms with Gasteiger partial charge in [-0.05, 0) is 0 Å². The highest BCUT2D eigenvalue weighted by molar-refractivity contribution is 5.83. The number of allylic oxidation sites excluding steroid dienone is 1. The molecule has 0 fully saturated rings. The quantitative estimate of drug-likeness (QED) is 0.455. The average molecular weight is 98.1 g/mol. The molecule has 0 bridgehead atoms. The number of nitrogens with zero attached hydrogens (tertiary/aromatic N) is 1. The van der Waals surface area contributed by atoms with Crippen LogP contribution in [-0.2, 0) is 5.11 Å². The lowest BCUT2D eigenvalue weighted by molar-refractivity contribution is 0.187. The van der Waals surface area contributed by atoms with Gasteiger partial charge in [0.25, 0.3) is 6.09 Å². The molecule has 0 rings (SSSR count). The van der Waals surface area contributed by atoms with Crippen LogP contribution in [0.25, 0.3) is 5.32 Å². The van der Waals surface area contributed by atoms with E-state index in [0.29, 0.717) is 0 Å². The van der Waals surface area contributed by atoms with E-state index in [1.54, 1.807) is 0 Å². The fraction of sp³-hybridized carbons (Fsp3) is 0. The van der Waals surface area contributed by atoms with Gasteiger partial charge < -0.3 is 5.32 Å². The molecule has 1 amide bonds. The van der Waals surface area contributed by atoms with Crippen LogP contribution < -0.4 is 0 Å². The standard InChI is InChI=1S/C4H4NO2/c1-3(2)5-4(6)7/h1-2H2. The summed E-state index contributed by atoms with van der Waals surface area (Å²) in [6, 6.07) is 0. The van der Waals surface area contributed by atoms with Crippen molar-refractivity contribution in [2.24, 2.45) is 0 Å². The minimum atomic E-state index is -1.50. The van der Waals surface area contributed by atoms with E-state index in [9.17, 15) is 9.90 Å². The van der Waals surface area contributed by atoms with Gasteiger partial charge in [0.2, 0.25) is 0 Å². The molecule has 0 unspecified atom stereocenters. The summed E-state index contributed by atoms with van der Waals surface area (Å²) in [5.74, 6) is 0. The Labute approximate surface area is 41.7 Å². The zero-order chi connectivity index (χ0) is 5.86. The van der Waals surface area contributed by atoms with Crippen LogP contribution in [0.3, 0.4) is 0 Å². The molecule has 0 aliphatic rings. The third kappa shape index (κ3) is 4.88. The van der Waals surface area contributed by atoms with E-state index < -0.39 is 6.09 Å². The van der Waals surface area contributed by atoms with Gasteiger partial charge in [-0.3, -0.25) is 9.90 Å². The summed E-state index contributed by atoms with van der Waals surface area (Å²) in [4.78, 5) is 9.43. The lowest BCUT2D eigenvalue weighted by Crippen LogP contribution is -1.84. The van der Waals surface area contributed by atoms with E-state index in [1.165, 1.54) is 0 Å². The highest BCUT2D eigenvalue weighted by Crippen LogP contribution is 1.97. The van der Waals surface area contributed by atoms with E-state index in [1.807, 2.05) is 0 Å². The first kappa shape index (κ1) is 5.88. The molecule has 0 N–H and O–H groups in total. The molecule has 7 heavy (non-hydrogen) atoms. The molecule has 0 aliphatic heterocycles. The molecule has 3 heteroatoms. The summed E-state index contributed by atoms with van der Waals surface area (Å²) in [5.41, 5.74) is 0.000000000000000222. The van der Waals surface area contributed by atoms with E-state index in [0.717, 1.165) is 0 Å². The molecule has 37 valence electrons. The van der Waals surface area contributed by atoms with Crippen molar-refractivity contribution in [1.82, 2.24) is 0 Å². The zero-order valence-corrected chi connectivity index (χ0v) is 3.68. The van der Waals surface area contributed by atoms with Crippen molar-refractivity contribution in [3.8, 4) is 0 Å². The first-order valence-electron chi connectivity index (χ1n) is 1.56. The SMILES string of the molecule is C=C([CH2+])[N-]C([O])=O. The van der Waals surface area contributed by atoms with Crippen molar-refractivity contribution < 1.29 is 9.90 Å². The van der Waals surface area contributed by atoms with Crippen molar-refractivity contribution in [1.29, 1.82) is 0 Å². The summed E-state index contributed by atoms with van der Waals surface area (Å²) in [6.45, 7) is 6.19. The maximum absolute atomic E-state index is 9.43. The summed E-state index contributed by atoms with van der Waals surface area (Å²) >= 11 is 0. The summed E-state index contributed by atoms with van der Waals surface area (Å²) in [7, 11) is 0. The zero-order valence-electron chi connectivity index (χ0n) is 3.68. The Balaban J connectivity index is 3.32. The third-order valence-electron chi connectivity index (χ3n) is 0.249. The van der Waals surface area contributed by atoms with Gasteiger partial charge in [0.1, 0.15) is 0 Å². The topological polar surface area (TPSA) is 51.1 Å². The van der Waals surface area contributed by atoms with Crippen LogP contribution in [0.4, 0.5) is 4.79 Å². The normalized spacial score (nSPS) is 7.43. The van der Waals surface area contributed by atoms with E-state index in [4.69, 9.17) is 0 Å². The van der Waals surface area contributed by atoms with Crippen LogP contribution in [0.2, 0.25) is 0 Å². The number of rotatable bonds is 1. The maximum atomic E-state index is 9.43. The van der Waals surface area contributed by atoms with Crippen LogP contribution >= 0.6 is 0 Å². The Morgan fingerprint density at radius 1 is 1.71 bits per heavy atom. The molecule has 0 aromatic rings. The van der Waals surface area contributed by atoms with Crippen LogP contribution in [0.5, 0.6) is 0 Å². The molecule has 0 saturated carbocycles. The Kier molecular flexibility index (Phi) is 1.78. The Morgan fingerprint density at radius 3 is 2.14 bits per heavy atom. The lowest BCUT2D eigenvalue weighted by Gasteiger charge is -2.01. The second-order valence-electron chi connectivity index (χ2n) is 0.944. The number of carbonyl (C=O) groups excluding carboxylic acids is 1. The number of hydrogen-bond donors (Lipinski definition) is 0. The molecule has 0 aliphatic carbocycles. The maximum Gasteiger partial charge on any atom is 0.291 e. The molecule has 0 spiro atoms. The van der Waals surface area contributed by atoms with Crippen molar-refractivity contribution in [2.45, 2.75) is 0 Å². The summed E-state index contributed by atoms with van der Waals surface area (Å²) in [6.07, 6.45) is -1.50. The van der Waals surface area contributed by atoms with Gasteiger partial charge in [0.15, 0.2) is 0 Å². The van der Waals surface area contributed by atoms with E-state index in [2.05, 4.69) is 18.8 Å². The first-order chi connectivity index (χ1) is 3.13. The predicted molar refractivity (Wildman–Crippen MR) is 23.9 cm³/mol. The van der Waals surface area contributed by atoms with Gasteiger partial charge in [-0.25, -0.2) is 0 Å². The highest BCUT2D eigenvalue weighted by atomic mass is 16.4. The van der Waals surface area contributed by atoms with Gasteiger partial charge in [-0.1, -0.05) is 0 Å². The third-order valence-corrected chi connectivity index (χ3v) is 0.249. The lowest BCUT2D eigenvalue weighted by atomic mass is 10.6. The van der Waals surface area contributed by atoms with Gasteiger partial charge in [0, 0.05) is 19.2 Å². The second kappa shape index (κ2) is 2.12. The highest BCUT2D eigenvalue weighted by Gasteiger charge is 1.80. The number of amides is 1. The van der Waals surface area contributed by atoms with Crippen molar-refractivity contribution in [3.63, 3.8) is 0 Å². The molecule has 0 atom stereocenters. The molecule has 1 radical (unpaired) electrons. The van der Waals surface area contributed by atoms with Crippen molar-refractivity contribution in [2.75, 3.05) is 0 Å². The Hall–Kier alpha value is -1.12. The molecule has 0 aromatic carbocycles. The van der Waals surface area contributed by atoms with E-state index >= 15 is 0 Å². The van der Waals surface area contributed by atoms with E-state index in [-0.39, 0.29) is 5.70 Å². The van der Waals surface area contributed by atoms with Gasteiger partial charge in [0.05, 0.1) is 0 Å². The second-order valence-corrected chi connectivity index (χ2v) is 0.944. The smallest absolute Gasteiger partial charge is 0.291 e. The number of carbonyl (C=O) groups is 1. The molecular formula is C4H4NO2. The van der Waals surface area contributed by atoms with Crippen molar-refractivity contribution in [3.05, 3.63) is 24.5 Å². The van der Waals surface area contributed by atoms with Gasteiger partial charge in [-0.2, -0.15) is 0 Å². The minimum absolute atomic E-state index is 0.000000000000000222. The van der Waals surface area contributed by atoms with Crippen molar-refractivity contribution >= 4 is 6.09 Å². The predicted octanol–water partition coefficient (Wildman–Crippen LogP) is 1.26. The van der Waals surface area contributed by atoms with Crippen LogP contribution in [0.15, 0.2) is 12.3 Å². The number of hydrogen-bond acceptors (Lipinski definition) is 1. The fourth-order valence-corrected chi connectivity index (χ4v) is 0.129. The summed E-state index contributed by atoms with van der Waals surface area (Å²) < 4.78 is 0. The molecule has 0 saturated heterocycles. The van der Waals surface area contributed by atoms with Gasteiger partial charge in [-0.15, -0.1) is 0 Å². The Bertz CT molecular complexity index is 85.9.